The summed E-state index contributed by atoms with van der Waals surface area (Å²) in [4.78, 5) is 13.5. The fourth-order valence-electron chi connectivity index (χ4n) is 1.96. The first-order chi connectivity index (χ1) is 9.04. The van der Waals surface area contributed by atoms with Gasteiger partial charge in [-0.3, -0.25) is 4.68 Å². The Morgan fingerprint density at radius 1 is 1.42 bits per heavy atom. The molecule has 0 spiro atoms. The number of aryl methyl sites for hydroxylation is 3. The molecule has 2 amide bonds. The highest BCUT2D eigenvalue weighted by Gasteiger charge is 2.06. The van der Waals surface area contributed by atoms with Crippen molar-refractivity contribution < 1.29 is 4.79 Å². The Balaban J connectivity index is 2.20. The predicted molar refractivity (Wildman–Crippen MR) is 77.3 cm³/mol. The number of urea groups is 1. The molecule has 0 aliphatic carbocycles. The minimum atomic E-state index is 0.0156. The topological polar surface area (TPSA) is 50.2 Å². The van der Waals surface area contributed by atoms with Crippen LogP contribution in [0.25, 0.3) is 0 Å². The first-order valence-corrected chi connectivity index (χ1v) is 7.04. The Morgan fingerprint density at radius 2 is 2.16 bits per heavy atom. The molecule has 1 heterocycles. The fraction of sp³-hybridized carbons (Fsp3) is 0.714. The lowest BCUT2D eigenvalue weighted by atomic mass is 10.3. The average molecular weight is 266 g/mol. The minimum Gasteiger partial charge on any atom is -0.338 e. The number of hydrogen-bond acceptors (Lipinski definition) is 2. The molecule has 5 nitrogen and oxygen atoms in total. The van der Waals surface area contributed by atoms with Gasteiger partial charge in [-0.2, -0.15) is 5.10 Å². The summed E-state index contributed by atoms with van der Waals surface area (Å²) in [5.74, 6) is 0. The molecular weight excluding hydrogens is 240 g/mol. The number of carbonyl (C=O) groups excluding carboxylic acids is 1. The van der Waals surface area contributed by atoms with Gasteiger partial charge in [-0.05, 0) is 32.8 Å². The number of amides is 2. The maximum absolute atomic E-state index is 11.7. The maximum Gasteiger partial charge on any atom is 0.317 e. The molecule has 1 N–H and O–H groups in total. The predicted octanol–water partition coefficient (Wildman–Crippen LogP) is 2.33. The summed E-state index contributed by atoms with van der Waals surface area (Å²) in [6, 6.07) is 2.08. The quantitative estimate of drug-likeness (QED) is 0.770. The van der Waals surface area contributed by atoms with Gasteiger partial charge in [0.2, 0.25) is 0 Å². The van der Waals surface area contributed by atoms with E-state index in [0.717, 1.165) is 38.0 Å². The molecule has 0 fully saturated rings. The fourth-order valence-corrected chi connectivity index (χ4v) is 1.96. The Labute approximate surface area is 116 Å². The van der Waals surface area contributed by atoms with Crippen LogP contribution < -0.4 is 5.32 Å². The summed E-state index contributed by atoms with van der Waals surface area (Å²) in [5, 5.41) is 7.33. The lowest BCUT2D eigenvalue weighted by molar-refractivity contribution is 0.208. The van der Waals surface area contributed by atoms with Crippen LogP contribution in [0.15, 0.2) is 6.07 Å². The summed E-state index contributed by atoms with van der Waals surface area (Å²) in [5.41, 5.74) is 2.21. The van der Waals surface area contributed by atoms with Gasteiger partial charge in [-0.25, -0.2) is 4.79 Å². The molecule has 0 saturated carbocycles. The SMILES string of the molecule is CCCCN(C)C(=O)NCCCn1nc(C)cc1C. The van der Waals surface area contributed by atoms with Gasteiger partial charge in [0.15, 0.2) is 0 Å². The number of aromatic nitrogens is 2. The van der Waals surface area contributed by atoms with Gasteiger partial charge in [-0.1, -0.05) is 13.3 Å². The Kier molecular flexibility index (Phi) is 6.39. The van der Waals surface area contributed by atoms with Crippen molar-refractivity contribution in [2.75, 3.05) is 20.1 Å². The third kappa shape index (κ3) is 5.32. The maximum atomic E-state index is 11.7. The van der Waals surface area contributed by atoms with Gasteiger partial charge in [0, 0.05) is 32.4 Å². The summed E-state index contributed by atoms with van der Waals surface area (Å²) in [7, 11) is 1.84. The van der Waals surface area contributed by atoms with E-state index in [-0.39, 0.29) is 6.03 Å². The molecular formula is C14H26N4O. The van der Waals surface area contributed by atoms with Gasteiger partial charge in [-0.15, -0.1) is 0 Å². The van der Waals surface area contributed by atoms with Crippen molar-refractivity contribution in [3.8, 4) is 0 Å². The number of nitrogens with zero attached hydrogens (tertiary/aromatic N) is 3. The molecule has 0 atom stereocenters. The standard InChI is InChI=1S/C14H26N4O/c1-5-6-9-17(4)14(19)15-8-7-10-18-13(3)11-12(2)16-18/h11H,5-10H2,1-4H3,(H,15,19). The third-order valence-corrected chi connectivity index (χ3v) is 3.12. The van der Waals surface area contributed by atoms with E-state index < -0.39 is 0 Å². The third-order valence-electron chi connectivity index (χ3n) is 3.12. The average Bonchev–Trinajstić information content (AvgIpc) is 2.69. The Hall–Kier alpha value is -1.52. The molecule has 0 radical (unpaired) electrons. The van der Waals surface area contributed by atoms with Crippen LogP contribution in [-0.2, 0) is 6.54 Å². The van der Waals surface area contributed by atoms with E-state index in [2.05, 4.69) is 30.3 Å². The Bertz CT molecular complexity index is 400. The number of nitrogens with one attached hydrogen (secondary N) is 1. The van der Waals surface area contributed by atoms with E-state index in [0.29, 0.717) is 6.54 Å². The molecule has 1 aromatic heterocycles. The van der Waals surface area contributed by atoms with Crippen molar-refractivity contribution in [3.63, 3.8) is 0 Å². The summed E-state index contributed by atoms with van der Waals surface area (Å²) in [6.45, 7) is 8.53. The first-order valence-electron chi connectivity index (χ1n) is 7.04. The van der Waals surface area contributed by atoms with Crippen LogP contribution in [0.2, 0.25) is 0 Å². The lowest BCUT2D eigenvalue weighted by Crippen LogP contribution is -2.38. The highest BCUT2D eigenvalue weighted by molar-refractivity contribution is 5.73. The van der Waals surface area contributed by atoms with Gasteiger partial charge >= 0.3 is 6.03 Å². The molecule has 0 aliphatic rings. The van der Waals surface area contributed by atoms with Crippen molar-refractivity contribution >= 4 is 6.03 Å². The van der Waals surface area contributed by atoms with Gasteiger partial charge in [0.05, 0.1) is 5.69 Å². The summed E-state index contributed by atoms with van der Waals surface area (Å²) in [6.07, 6.45) is 3.06. The van der Waals surface area contributed by atoms with Gasteiger partial charge in [0.25, 0.3) is 0 Å². The van der Waals surface area contributed by atoms with Crippen LogP contribution in [0, 0.1) is 13.8 Å². The van der Waals surface area contributed by atoms with Crippen molar-refractivity contribution in [2.24, 2.45) is 0 Å². The number of rotatable bonds is 7. The largest absolute Gasteiger partial charge is 0.338 e. The van der Waals surface area contributed by atoms with Crippen LogP contribution >= 0.6 is 0 Å². The van der Waals surface area contributed by atoms with Crippen LogP contribution in [0.5, 0.6) is 0 Å². The van der Waals surface area contributed by atoms with Crippen molar-refractivity contribution in [2.45, 2.75) is 46.6 Å². The van der Waals surface area contributed by atoms with Gasteiger partial charge in [0.1, 0.15) is 0 Å². The van der Waals surface area contributed by atoms with Gasteiger partial charge < -0.3 is 10.2 Å². The zero-order valence-corrected chi connectivity index (χ0v) is 12.6. The van der Waals surface area contributed by atoms with E-state index in [1.54, 1.807) is 4.90 Å². The van der Waals surface area contributed by atoms with Crippen molar-refractivity contribution in [1.82, 2.24) is 20.0 Å². The second kappa shape index (κ2) is 7.81. The zero-order valence-electron chi connectivity index (χ0n) is 12.6. The monoisotopic (exact) mass is 266 g/mol. The van der Waals surface area contributed by atoms with Crippen molar-refractivity contribution in [1.29, 1.82) is 0 Å². The molecule has 0 bridgehead atoms. The second-order valence-electron chi connectivity index (χ2n) is 5.01. The summed E-state index contributed by atoms with van der Waals surface area (Å²) < 4.78 is 1.99. The Morgan fingerprint density at radius 3 is 2.74 bits per heavy atom. The highest BCUT2D eigenvalue weighted by atomic mass is 16.2. The molecule has 19 heavy (non-hydrogen) atoms. The molecule has 1 aromatic rings. The molecule has 0 aliphatic heterocycles. The molecule has 5 heteroatoms. The molecule has 1 rings (SSSR count). The molecule has 0 unspecified atom stereocenters. The lowest BCUT2D eigenvalue weighted by Gasteiger charge is -2.17. The van der Waals surface area contributed by atoms with E-state index in [1.807, 2.05) is 18.7 Å². The number of carbonyl (C=O) groups is 1. The normalized spacial score (nSPS) is 10.5. The van der Waals surface area contributed by atoms with E-state index in [9.17, 15) is 4.79 Å². The molecule has 0 aromatic carbocycles. The van der Waals surface area contributed by atoms with Crippen LogP contribution in [0.4, 0.5) is 4.79 Å². The number of hydrogen-bond donors (Lipinski definition) is 1. The molecule has 108 valence electrons. The molecule has 0 saturated heterocycles. The van der Waals surface area contributed by atoms with Crippen molar-refractivity contribution in [3.05, 3.63) is 17.5 Å². The van der Waals surface area contributed by atoms with Crippen LogP contribution in [0.1, 0.15) is 37.6 Å². The minimum absolute atomic E-state index is 0.0156. The van der Waals surface area contributed by atoms with E-state index in [4.69, 9.17) is 0 Å². The second-order valence-corrected chi connectivity index (χ2v) is 5.01. The number of unbranched alkanes of at least 4 members (excludes halogenated alkanes) is 1. The smallest absolute Gasteiger partial charge is 0.317 e. The van der Waals surface area contributed by atoms with Crippen LogP contribution in [0.3, 0.4) is 0 Å². The first kappa shape index (κ1) is 15.5. The van der Waals surface area contributed by atoms with Crippen LogP contribution in [-0.4, -0.2) is 40.8 Å². The highest BCUT2D eigenvalue weighted by Crippen LogP contribution is 2.02. The van der Waals surface area contributed by atoms with E-state index >= 15 is 0 Å². The van der Waals surface area contributed by atoms with E-state index in [1.165, 1.54) is 5.69 Å². The summed E-state index contributed by atoms with van der Waals surface area (Å²) >= 11 is 0. The zero-order chi connectivity index (χ0) is 14.3.